The van der Waals surface area contributed by atoms with Crippen molar-refractivity contribution in [1.29, 1.82) is 0 Å². The minimum atomic E-state index is 0.442. The molecule has 0 aliphatic carbocycles. The summed E-state index contributed by atoms with van der Waals surface area (Å²) < 4.78 is 5.83. The minimum absolute atomic E-state index is 0.442. The van der Waals surface area contributed by atoms with Crippen LogP contribution in [-0.2, 0) is 11.2 Å². The van der Waals surface area contributed by atoms with E-state index in [1.165, 1.54) is 5.56 Å². The zero-order chi connectivity index (χ0) is 8.97. The number of halogens is 1. The van der Waals surface area contributed by atoms with Crippen molar-refractivity contribution < 1.29 is 9.53 Å². The molecule has 0 unspecified atom stereocenters. The zero-order valence-corrected chi connectivity index (χ0v) is 8.87. The Morgan fingerprint density at radius 1 is 1.58 bits per heavy atom. The third-order valence-corrected chi connectivity index (χ3v) is 2.59. The van der Waals surface area contributed by atoms with Crippen LogP contribution < -0.4 is 4.74 Å². The summed E-state index contributed by atoms with van der Waals surface area (Å²) in [6.45, 7) is 2.54. The molecule has 0 saturated heterocycles. The second-order valence-electron chi connectivity index (χ2n) is 2.32. The lowest BCUT2D eigenvalue weighted by molar-refractivity contribution is -0.120. The van der Waals surface area contributed by atoms with E-state index in [9.17, 15) is 4.79 Å². The van der Waals surface area contributed by atoms with Gasteiger partial charge in [-0.2, -0.15) is 0 Å². The van der Waals surface area contributed by atoms with Gasteiger partial charge in [0.25, 0.3) is 6.47 Å². The summed E-state index contributed by atoms with van der Waals surface area (Å²) in [6, 6.07) is 5.63. The van der Waals surface area contributed by atoms with Gasteiger partial charge in [-0.15, -0.1) is 0 Å². The molecule has 0 atom stereocenters. The molecular formula is C9H9IO2. The van der Waals surface area contributed by atoms with Gasteiger partial charge in [0.15, 0.2) is 0 Å². The lowest BCUT2D eigenvalue weighted by Gasteiger charge is -2.02. The van der Waals surface area contributed by atoms with Gasteiger partial charge in [0, 0.05) is 3.57 Å². The van der Waals surface area contributed by atoms with E-state index in [0.29, 0.717) is 12.2 Å². The van der Waals surface area contributed by atoms with Crippen LogP contribution in [-0.4, -0.2) is 6.47 Å². The van der Waals surface area contributed by atoms with Crippen LogP contribution in [0, 0.1) is 3.57 Å². The van der Waals surface area contributed by atoms with Crippen LogP contribution in [0.2, 0.25) is 0 Å². The third kappa shape index (κ3) is 2.20. The average Bonchev–Trinajstić information content (AvgIpc) is 2.05. The van der Waals surface area contributed by atoms with Gasteiger partial charge in [0.05, 0.1) is 0 Å². The Morgan fingerprint density at radius 2 is 2.33 bits per heavy atom. The van der Waals surface area contributed by atoms with Crippen LogP contribution in [0.5, 0.6) is 5.75 Å². The van der Waals surface area contributed by atoms with Crippen molar-refractivity contribution in [2.45, 2.75) is 13.3 Å². The maximum Gasteiger partial charge on any atom is 0.298 e. The van der Waals surface area contributed by atoms with E-state index in [2.05, 4.69) is 29.5 Å². The summed E-state index contributed by atoms with van der Waals surface area (Å²) in [7, 11) is 0. The predicted octanol–water partition coefficient (Wildman–Crippen LogP) is 2.39. The fraction of sp³-hybridized carbons (Fsp3) is 0.222. The van der Waals surface area contributed by atoms with Gasteiger partial charge >= 0.3 is 0 Å². The number of rotatable bonds is 3. The fourth-order valence-electron chi connectivity index (χ4n) is 0.944. The largest absolute Gasteiger partial charge is 0.429 e. The molecule has 1 aromatic carbocycles. The molecule has 0 heterocycles. The molecule has 0 saturated carbocycles. The lowest BCUT2D eigenvalue weighted by atomic mass is 10.2. The van der Waals surface area contributed by atoms with Crippen molar-refractivity contribution in [2.24, 2.45) is 0 Å². The topological polar surface area (TPSA) is 26.3 Å². The van der Waals surface area contributed by atoms with Crippen molar-refractivity contribution in [3.05, 3.63) is 27.3 Å². The molecule has 0 radical (unpaired) electrons. The van der Waals surface area contributed by atoms with E-state index in [4.69, 9.17) is 4.74 Å². The Bertz CT molecular complexity index is 284. The van der Waals surface area contributed by atoms with Gasteiger partial charge in [0.1, 0.15) is 5.75 Å². The smallest absolute Gasteiger partial charge is 0.298 e. The van der Waals surface area contributed by atoms with Crippen molar-refractivity contribution >= 4 is 29.1 Å². The van der Waals surface area contributed by atoms with E-state index in [-0.39, 0.29) is 0 Å². The molecule has 0 amide bonds. The number of hydrogen-bond acceptors (Lipinski definition) is 2. The van der Waals surface area contributed by atoms with Gasteiger partial charge in [-0.3, -0.25) is 4.79 Å². The van der Waals surface area contributed by atoms with Gasteiger partial charge in [-0.1, -0.05) is 13.0 Å². The van der Waals surface area contributed by atoms with Gasteiger partial charge in [0.2, 0.25) is 0 Å². The van der Waals surface area contributed by atoms with Crippen LogP contribution in [0.4, 0.5) is 0 Å². The molecule has 0 N–H and O–H groups in total. The predicted molar refractivity (Wildman–Crippen MR) is 55.2 cm³/mol. The van der Waals surface area contributed by atoms with Gasteiger partial charge < -0.3 is 4.74 Å². The molecule has 0 aliphatic rings. The van der Waals surface area contributed by atoms with Gasteiger partial charge in [-0.25, -0.2) is 0 Å². The highest BCUT2D eigenvalue weighted by Crippen LogP contribution is 2.19. The van der Waals surface area contributed by atoms with Crippen LogP contribution in [0.1, 0.15) is 12.5 Å². The highest BCUT2D eigenvalue weighted by atomic mass is 127. The number of ether oxygens (including phenoxy) is 1. The van der Waals surface area contributed by atoms with E-state index in [1.807, 2.05) is 12.1 Å². The first-order valence-electron chi connectivity index (χ1n) is 3.66. The zero-order valence-electron chi connectivity index (χ0n) is 6.71. The number of carbonyl (C=O) groups is 1. The Balaban J connectivity index is 2.93. The molecular weight excluding hydrogens is 267 g/mol. The van der Waals surface area contributed by atoms with Crippen molar-refractivity contribution in [3.8, 4) is 5.75 Å². The van der Waals surface area contributed by atoms with E-state index in [1.54, 1.807) is 6.07 Å². The molecule has 0 spiro atoms. The monoisotopic (exact) mass is 276 g/mol. The molecule has 0 aromatic heterocycles. The molecule has 12 heavy (non-hydrogen) atoms. The molecule has 0 bridgehead atoms. The molecule has 1 aromatic rings. The third-order valence-electron chi connectivity index (χ3n) is 1.59. The summed E-state index contributed by atoms with van der Waals surface area (Å²) in [5, 5.41) is 0. The number of aryl methyl sites for hydroxylation is 1. The standard InChI is InChI=1S/C9H9IO2/c1-2-7-3-4-8(12-6-11)5-9(7)10/h3-6H,2H2,1H3. The molecule has 0 fully saturated rings. The normalized spacial score (nSPS) is 9.50. The van der Waals surface area contributed by atoms with Crippen LogP contribution in [0.3, 0.4) is 0 Å². The van der Waals surface area contributed by atoms with Crippen LogP contribution >= 0.6 is 22.6 Å². The first kappa shape index (κ1) is 9.51. The summed E-state index contributed by atoms with van der Waals surface area (Å²) in [4.78, 5) is 10.0. The highest BCUT2D eigenvalue weighted by molar-refractivity contribution is 14.1. The Hall–Kier alpha value is -0.580. The van der Waals surface area contributed by atoms with Crippen molar-refractivity contribution in [2.75, 3.05) is 0 Å². The molecule has 0 aliphatic heterocycles. The number of carbonyl (C=O) groups excluding carboxylic acids is 1. The van der Waals surface area contributed by atoms with Crippen LogP contribution in [0.25, 0.3) is 0 Å². The fourth-order valence-corrected chi connectivity index (χ4v) is 1.81. The molecule has 3 heteroatoms. The summed E-state index contributed by atoms with van der Waals surface area (Å²) in [5.41, 5.74) is 1.27. The molecule has 2 nitrogen and oxygen atoms in total. The Labute approximate surface area is 85.1 Å². The second-order valence-corrected chi connectivity index (χ2v) is 3.48. The quantitative estimate of drug-likeness (QED) is 0.626. The maximum atomic E-state index is 10.0. The lowest BCUT2D eigenvalue weighted by Crippen LogP contribution is -1.91. The summed E-state index contributed by atoms with van der Waals surface area (Å²) in [5.74, 6) is 0.603. The SMILES string of the molecule is CCc1ccc(OC=O)cc1I. The Kier molecular flexibility index (Phi) is 3.52. The van der Waals surface area contributed by atoms with Crippen LogP contribution in [0.15, 0.2) is 18.2 Å². The first-order valence-corrected chi connectivity index (χ1v) is 4.74. The highest BCUT2D eigenvalue weighted by Gasteiger charge is 1.99. The van der Waals surface area contributed by atoms with E-state index < -0.39 is 0 Å². The van der Waals surface area contributed by atoms with Gasteiger partial charge in [-0.05, 0) is 46.7 Å². The van der Waals surface area contributed by atoms with Crippen molar-refractivity contribution in [3.63, 3.8) is 0 Å². The summed E-state index contributed by atoms with van der Waals surface area (Å²) >= 11 is 2.23. The second kappa shape index (κ2) is 4.45. The average molecular weight is 276 g/mol. The molecule has 1 rings (SSSR count). The number of benzene rings is 1. The first-order chi connectivity index (χ1) is 5.77. The van der Waals surface area contributed by atoms with E-state index >= 15 is 0 Å². The number of hydrogen-bond donors (Lipinski definition) is 0. The van der Waals surface area contributed by atoms with Crippen molar-refractivity contribution in [1.82, 2.24) is 0 Å². The van der Waals surface area contributed by atoms with E-state index in [0.717, 1.165) is 9.99 Å². The maximum absolute atomic E-state index is 10.0. The Morgan fingerprint density at radius 3 is 2.83 bits per heavy atom. The summed E-state index contributed by atoms with van der Waals surface area (Å²) in [6.07, 6.45) is 1.000. The minimum Gasteiger partial charge on any atom is -0.429 e. The molecule has 64 valence electrons.